The number of amides is 1. The molecule has 0 fully saturated rings. The predicted octanol–water partition coefficient (Wildman–Crippen LogP) is -1.75. The predicted molar refractivity (Wildman–Crippen MR) is 57.0 cm³/mol. The number of hydrogen-bond donors (Lipinski definition) is 3. The standard InChI is InChI=1S/C8H18N2O4S/c1-6(5-11)10-8(12)7(9)3-4-15(2,13)14/h6-7,11H,3-5,9H2,1-2H3,(H,10,12)/t6-,7?/m1/s1. The topological polar surface area (TPSA) is 109 Å². The van der Waals surface area contributed by atoms with Crippen molar-refractivity contribution in [3.05, 3.63) is 0 Å². The zero-order chi connectivity index (χ0) is 12.1. The summed E-state index contributed by atoms with van der Waals surface area (Å²) >= 11 is 0. The third-order valence-electron chi connectivity index (χ3n) is 1.80. The summed E-state index contributed by atoms with van der Waals surface area (Å²) in [5.41, 5.74) is 5.47. The second-order valence-electron chi connectivity index (χ2n) is 3.62. The zero-order valence-corrected chi connectivity index (χ0v) is 9.75. The second-order valence-corrected chi connectivity index (χ2v) is 5.88. The molecule has 6 nitrogen and oxygen atoms in total. The molecule has 0 aromatic heterocycles. The van der Waals surface area contributed by atoms with E-state index >= 15 is 0 Å². The SMILES string of the molecule is C[C@H](CO)NC(=O)C(N)CCS(C)(=O)=O. The summed E-state index contributed by atoms with van der Waals surface area (Å²) in [6, 6.07) is -1.23. The number of rotatable bonds is 6. The number of aliphatic hydroxyl groups excluding tert-OH is 1. The molecule has 4 N–H and O–H groups in total. The van der Waals surface area contributed by atoms with Crippen LogP contribution in [0.1, 0.15) is 13.3 Å². The first-order chi connectivity index (χ1) is 6.76. The lowest BCUT2D eigenvalue weighted by Gasteiger charge is -2.15. The summed E-state index contributed by atoms with van der Waals surface area (Å²) in [7, 11) is -3.10. The first-order valence-electron chi connectivity index (χ1n) is 4.61. The number of aliphatic hydroxyl groups is 1. The van der Waals surface area contributed by atoms with Crippen molar-refractivity contribution in [2.75, 3.05) is 18.6 Å². The molecule has 1 unspecified atom stereocenters. The van der Waals surface area contributed by atoms with Gasteiger partial charge in [0.15, 0.2) is 0 Å². The number of carbonyl (C=O) groups is 1. The van der Waals surface area contributed by atoms with E-state index in [9.17, 15) is 13.2 Å². The van der Waals surface area contributed by atoms with Crippen LogP contribution in [0, 0.1) is 0 Å². The van der Waals surface area contributed by atoms with Gasteiger partial charge in [-0.05, 0) is 13.3 Å². The third-order valence-corrected chi connectivity index (χ3v) is 2.78. The average Bonchev–Trinajstić information content (AvgIpc) is 2.12. The number of nitrogens with one attached hydrogen (secondary N) is 1. The third kappa shape index (κ3) is 7.29. The maximum Gasteiger partial charge on any atom is 0.237 e. The molecule has 90 valence electrons. The lowest BCUT2D eigenvalue weighted by atomic mass is 10.2. The van der Waals surface area contributed by atoms with Crippen LogP contribution in [0.5, 0.6) is 0 Å². The van der Waals surface area contributed by atoms with Gasteiger partial charge < -0.3 is 16.2 Å². The van der Waals surface area contributed by atoms with Crippen LogP contribution >= 0.6 is 0 Å². The smallest absolute Gasteiger partial charge is 0.237 e. The highest BCUT2D eigenvalue weighted by atomic mass is 32.2. The van der Waals surface area contributed by atoms with Gasteiger partial charge in [-0.25, -0.2) is 8.42 Å². The summed E-state index contributed by atoms with van der Waals surface area (Å²) in [6.07, 6.45) is 1.18. The Morgan fingerprint density at radius 2 is 2.07 bits per heavy atom. The Morgan fingerprint density at radius 1 is 1.53 bits per heavy atom. The molecule has 0 aromatic carbocycles. The Labute approximate surface area is 89.8 Å². The van der Waals surface area contributed by atoms with Crippen LogP contribution in [0.25, 0.3) is 0 Å². The van der Waals surface area contributed by atoms with Crippen LogP contribution in [0.3, 0.4) is 0 Å². The molecule has 0 aliphatic rings. The summed E-state index contributed by atoms with van der Waals surface area (Å²) in [4.78, 5) is 11.3. The summed E-state index contributed by atoms with van der Waals surface area (Å²) in [5, 5.41) is 11.1. The number of sulfone groups is 1. The van der Waals surface area contributed by atoms with Crippen LogP contribution in [0.15, 0.2) is 0 Å². The molecule has 0 saturated heterocycles. The fourth-order valence-corrected chi connectivity index (χ4v) is 1.55. The van der Waals surface area contributed by atoms with Crippen LogP contribution in [0.4, 0.5) is 0 Å². The molecule has 0 spiro atoms. The fraction of sp³-hybridized carbons (Fsp3) is 0.875. The van der Waals surface area contributed by atoms with Crippen molar-refractivity contribution < 1.29 is 18.3 Å². The Kier molecular flexibility index (Phi) is 5.77. The van der Waals surface area contributed by atoms with E-state index < -0.39 is 21.8 Å². The van der Waals surface area contributed by atoms with Gasteiger partial charge in [-0.3, -0.25) is 4.79 Å². The van der Waals surface area contributed by atoms with E-state index in [0.717, 1.165) is 6.26 Å². The van der Waals surface area contributed by atoms with Gasteiger partial charge >= 0.3 is 0 Å². The minimum atomic E-state index is -3.10. The van der Waals surface area contributed by atoms with E-state index in [2.05, 4.69) is 5.32 Å². The van der Waals surface area contributed by atoms with Crippen LogP contribution < -0.4 is 11.1 Å². The van der Waals surface area contributed by atoms with Gasteiger partial charge in [0.1, 0.15) is 9.84 Å². The van der Waals surface area contributed by atoms with Gasteiger partial charge in [-0.2, -0.15) is 0 Å². The van der Waals surface area contributed by atoms with Gasteiger partial charge in [-0.1, -0.05) is 0 Å². The maximum absolute atomic E-state index is 11.3. The summed E-state index contributed by atoms with van der Waals surface area (Å²) in [5.74, 6) is -0.560. The fourth-order valence-electron chi connectivity index (χ4n) is 0.868. The van der Waals surface area contributed by atoms with Crippen molar-refractivity contribution in [3.8, 4) is 0 Å². The van der Waals surface area contributed by atoms with E-state index in [4.69, 9.17) is 10.8 Å². The average molecular weight is 238 g/mol. The Balaban J connectivity index is 4.00. The second kappa shape index (κ2) is 6.04. The van der Waals surface area contributed by atoms with Gasteiger partial charge in [0.25, 0.3) is 0 Å². The summed E-state index contributed by atoms with van der Waals surface area (Å²) < 4.78 is 21.6. The zero-order valence-electron chi connectivity index (χ0n) is 8.93. The molecule has 0 aromatic rings. The van der Waals surface area contributed by atoms with Gasteiger partial charge in [0.05, 0.1) is 18.4 Å². The molecule has 0 rings (SSSR count). The molecule has 7 heteroatoms. The lowest BCUT2D eigenvalue weighted by Crippen LogP contribution is -2.46. The molecule has 0 heterocycles. The highest BCUT2D eigenvalue weighted by Gasteiger charge is 2.17. The van der Waals surface area contributed by atoms with Gasteiger partial charge in [0, 0.05) is 12.3 Å². The lowest BCUT2D eigenvalue weighted by molar-refractivity contribution is -0.123. The summed E-state index contributed by atoms with van der Waals surface area (Å²) in [6.45, 7) is 1.45. The van der Waals surface area contributed by atoms with Gasteiger partial charge in [0.2, 0.25) is 5.91 Å². The van der Waals surface area contributed by atoms with E-state index in [1.54, 1.807) is 6.92 Å². The van der Waals surface area contributed by atoms with Crippen molar-refractivity contribution >= 4 is 15.7 Å². The van der Waals surface area contributed by atoms with Crippen molar-refractivity contribution in [1.29, 1.82) is 0 Å². The Bertz CT molecular complexity index is 302. The minimum absolute atomic E-state index is 0.0861. The van der Waals surface area contributed by atoms with E-state index in [0.29, 0.717) is 0 Å². The molecule has 0 bridgehead atoms. The Morgan fingerprint density at radius 3 is 2.47 bits per heavy atom. The highest BCUT2D eigenvalue weighted by Crippen LogP contribution is 1.94. The van der Waals surface area contributed by atoms with E-state index in [1.165, 1.54) is 0 Å². The molecule has 0 radical (unpaired) electrons. The van der Waals surface area contributed by atoms with Crippen molar-refractivity contribution in [1.82, 2.24) is 5.32 Å². The van der Waals surface area contributed by atoms with Crippen LogP contribution in [-0.4, -0.2) is 50.1 Å². The number of nitrogens with two attached hydrogens (primary N) is 1. The molecule has 0 aliphatic heterocycles. The quantitative estimate of drug-likeness (QED) is 0.508. The molecule has 1 amide bonds. The van der Waals surface area contributed by atoms with Crippen LogP contribution in [0.2, 0.25) is 0 Å². The monoisotopic (exact) mass is 238 g/mol. The molecule has 15 heavy (non-hydrogen) atoms. The highest BCUT2D eigenvalue weighted by molar-refractivity contribution is 7.90. The normalized spacial score (nSPS) is 15.7. The first kappa shape index (κ1) is 14.3. The number of hydrogen-bond acceptors (Lipinski definition) is 5. The van der Waals surface area contributed by atoms with Crippen LogP contribution in [-0.2, 0) is 14.6 Å². The molecular formula is C8H18N2O4S. The molecule has 0 saturated carbocycles. The maximum atomic E-state index is 11.3. The molecular weight excluding hydrogens is 220 g/mol. The van der Waals surface area contributed by atoms with Crippen molar-refractivity contribution in [2.24, 2.45) is 5.73 Å². The minimum Gasteiger partial charge on any atom is -0.394 e. The largest absolute Gasteiger partial charge is 0.394 e. The number of carbonyl (C=O) groups excluding carboxylic acids is 1. The molecule has 2 atom stereocenters. The first-order valence-corrected chi connectivity index (χ1v) is 6.67. The Hall–Kier alpha value is -0.660. The van der Waals surface area contributed by atoms with Gasteiger partial charge in [-0.15, -0.1) is 0 Å². The van der Waals surface area contributed by atoms with E-state index in [-0.39, 0.29) is 24.8 Å². The van der Waals surface area contributed by atoms with Crippen molar-refractivity contribution in [3.63, 3.8) is 0 Å². The van der Waals surface area contributed by atoms with Crippen molar-refractivity contribution in [2.45, 2.75) is 25.4 Å². The van der Waals surface area contributed by atoms with E-state index in [1.807, 2.05) is 0 Å². The molecule has 0 aliphatic carbocycles.